The number of nitrogens with two attached hydrogens (primary N) is 1. The van der Waals surface area contributed by atoms with Crippen LogP contribution in [0.25, 0.3) is 0 Å². The molecule has 0 amide bonds. The second-order valence-corrected chi connectivity index (χ2v) is 3.49. The highest BCUT2D eigenvalue weighted by Crippen LogP contribution is 2.25. The molecule has 0 aliphatic heterocycles. The van der Waals surface area contributed by atoms with Crippen molar-refractivity contribution >= 4 is 5.71 Å². The van der Waals surface area contributed by atoms with Crippen LogP contribution in [0, 0.1) is 11.3 Å². The molecule has 0 aromatic carbocycles. The minimum absolute atomic E-state index is 0.672. The maximum Gasteiger partial charge on any atom is 0.0365 e. The Morgan fingerprint density at radius 3 is 2.73 bits per heavy atom. The first kappa shape index (κ1) is 8.31. The summed E-state index contributed by atoms with van der Waals surface area (Å²) >= 11 is 0. The van der Waals surface area contributed by atoms with Gasteiger partial charge in [0.1, 0.15) is 0 Å². The molecular formula is C9H16N2. The van der Waals surface area contributed by atoms with E-state index in [9.17, 15) is 0 Å². The highest BCUT2D eigenvalue weighted by Gasteiger charge is 2.18. The molecule has 11 heavy (non-hydrogen) atoms. The second kappa shape index (κ2) is 3.07. The molecule has 0 spiro atoms. The molecule has 1 fully saturated rings. The van der Waals surface area contributed by atoms with E-state index in [1.54, 1.807) is 0 Å². The van der Waals surface area contributed by atoms with E-state index in [1.165, 1.54) is 6.42 Å². The van der Waals surface area contributed by atoms with Gasteiger partial charge in [0.15, 0.2) is 0 Å². The van der Waals surface area contributed by atoms with E-state index in [1.807, 2.05) is 6.92 Å². The molecule has 0 aromatic rings. The highest BCUT2D eigenvalue weighted by atomic mass is 14.6. The van der Waals surface area contributed by atoms with Gasteiger partial charge in [0.2, 0.25) is 0 Å². The topological polar surface area (TPSA) is 49.9 Å². The standard InChI is InChI=1S/C9H16N2/c1-6-3-4-8(7(2)10)9(11)5-6/h6,11H,3-5,10H2,1-2H3. The van der Waals surface area contributed by atoms with E-state index in [4.69, 9.17) is 11.1 Å². The third-order valence-corrected chi connectivity index (χ3v) is 2.28. The quantitative estimate of drug-likeness (QED) is 0.548. The summed E-state index contributed by atoms with van der Waals surface area (Å²) in [5.74, 6) is 0.672. The molecule has 1 atom stereocenters. The third kappa shape index (κ3) is 1.82. The molecule has 1 rings (SSSR count). The number of nitrogens with one attached hydrogen (secondary N) is 1. The highest BCUT2D eigenvalue weighted by molar-refractivity contribution is 5.98. The molecule has 1 aliphatic carbocycles. The molecule has 0 aromatic heterocycles. The zero-order valence-corrected chi connectivity index (χ0v) is 7.28. The van der Waals surface area contributed by atoms with Crippen LogP contribution in [0.2, 0.25) is 0 Å². The lowest BCUT2D eigenvalue weighted by molar-refractivity contribution is 0.531. The average Bonchev–Trinajstić information content (AvgIpc) is 1.85. The molecule has 0 saturated heterocycles. The zero-order chi connectivity index (χ0) is 8.43. The monoisotopic (exact) mass is 152 g/mol. The molecule has 0 heterocycles. The van der Waals surface area contributed by atoms with Gasteiger partial charge in [-0.3, -0.25) is 0 Å². The lowest BCUT2D eigenvalue weighted by Crippen LogP contribution is -2.18. The minimum Gasteiger partial charge on any atom is -0.402 e. The van der Waals surface area contributed by atoms with Crippen LogP contribution >= 0.6 is 0 Å². The fourth-order valence-electron chi connectivity index (χ4n) is 1.55. The predicted molar refractivity (Wildman–Crippen MR) is 47.6 cm³/mol. The van der Waals surface area contributed by atoms with Gasteiger partial charge in [-0.15, -0.1) is 0 Å². The number of rotatable bonds is 0. The molecular weight excluding hydrogens is 136 g/mol. The van der Waals surface area contributed by atoms with Crippen LogP contribution in [-0.4, -0.2) is 5.71 Å². The fourth-order valence-corrected chi connectivity index (χ4v) is 1.55. The van der Waals surface area contributed by atoms with Gasteiger partial charge in [0.25, 0.3) is 0 Å². The van der Waals surface area contributed by atoms with Crippen molar-refractivity contribution in [1.29, 1.82) is 5.41 Å². The molecule has 0 bridgehead atoms. The maximum absolute atomic E-state index is 7.67. The van der Waals surface area contributed by atoms with Crippen LogP contribution in [0.5, 0.6) is 0 Å². The van der Waals surface area contributed by atoms with E-state index in [0.717, 1.165) is 29.8 Å². The summed E-state index contributed by atoms with van der Waals surface area (Å²) in [6.45, 7) is 4.08. The molecule has 1 aliphatic rings. The van der Waals surface area contributed by atoms with E-state index < -0.39 is 0 Å². The second-order valence-electron chi connectivity index (χ2n) is 3.49. The largest absolute Gasteiger partial charge is 0.402 e. The van der Waals surface area contributed by atoms with Crippen LogP contribution < -0.4 is 5.73 Å². The van der Waals surface area contributed by atoms with Gasteiger partial charge >= 0.3 is 0 Å². The molecule has 62 valence electrons. The first-order valence-electron chi connectivity index (χ1n) is 4.14. The van der Waals surface area contributed by atoms with Crippen molar-refractivity contribution in [3.63, 3.8) is 0 Å². The summed E-state index contributed by atoms with van der Waals surface area (Å²) in [4.78, 5) is 0. The third-order valence-electron chi connectivity index (χ3n) is 2.28. The van der Waals surface area contributed by atoms with E-state index in [0.29, 0.717) is 5.92 Å². The first-order valence-corrected chi connectivity index (χ1v) is 4.14. The maximum atomic E-state index is 7.67. The molecule has 2 nitrogen and oxygen atoms in total. The Hall–Kier alpha value is -0.790. The number of hydrogen-bond donors (Lipinski definition) is 2. The fraction of sp³-hybridized carbons (Fsp3) is 0.667. The van der Waals surface area contributed by atoms with E-state index >= 15 is 0 Å². The van der Waals surface area contributed by atoms with Crippen molar-refractivity contribution in [2.45, 2.75) is 33.1 Å². The van der Waals surface area contributed by atoms with Crippen LogP contribution in [0.15, 0.2) is 11.3 Å². The summed E-state index contributed by atoms with van der Waals surface area (Å²) in [5, 5.41) is 7.67. The Morgan fingerprint density at radius 1 is 1.64 bits per heavy atom. The van der Waals surface area contributed by atoms with Crippen molar-refractivity contribution in [3.05, 3.63) is 11.3 Å². The van der Waals surface area contributed by atoms with E-state index in [-0.39, 0.29) is 0 Å². The van der Waals surface area contributed by atoms with Crippen LogP contribution in [-0.2, 0) is 0 Å². The molecule has 1 unspecified atom stereocenters. The Bertz CT molecular complexity index is 200. The van der Waals surface area contributed by atoms with Gasteiger partial charge in [-0.2, -0.15) is 0 Å². The predicted octanol–water partition coefficient (Wildman–Crippen LogP) is 2.06. The van der Waals surface area contributed by atoms with Gasteiger partial charge in [-0.1, -0.05) is 6.92 Å². The van der Waals surface area contributed by atoms with Crippen molar-refractivity contribution < 1.29 is 0 Å². The van der Waals surface area contributed by atoms with Crippen molar-refractivity contribution in [2.75, 3.05) is 0 Å². The zero-order valence-electron chi connectivity index (χ0n) is 7.28. The van der Waals surface area contributed by atoms with Gasteiger partial charge in [0.05, 0.1) is 0 Å². The van der Waals surface area contributed by atoms with Crippen LogP contribution in [0.4, 0.5) is 0 Å². The van der Waals surface area contributed by atoms with Crippen molar-refractivity contribution in [1.82, 2.24) is 0 Å². The van der Waals surface area contributed by atoms with E-state index in [2.05, 4.69) is 6.92 Å². The van der Waals surface area contributed by atoms with Gasteiger partial charge < -0.3 is 11.1 Å². The first-order chi connectivity index (χ1) is 5.11. The SMILES string of the molecule is CC(N)=C1CCC(C)CC1=N. The van der Waals surface area contributed by atoms with Gasteiger partial charge in [-0.25, -0.2) is 0 Å². The Labute approximate surface area is 68.0 Å². The normalized spacial score (nSPS) is 30.4. The molecule has 1 saturated carbocycles. The summed E-state index contributed by atoms with van der Waals surface area (Å²) in [6.07, 6.45) is 3.10. The lowest BCUT2D eigenvalue weighted by Gasteiger charge is -2.22. The summed E-state index contributed by atoms with van der Waals surface area (Å²) in [5.41, 5.74) is 8.32. The molecule has 3 N–H and O–H groups in total. The summed E-state index contributed by atoms with van der Waals surface area (Å²) < 4.78 is 0. The number of hydrogen-bond acceptors (Lipinski definition) is 2. The Kier molecular flexibility index (Phi) is 2.32. The minimum atomic E-state index is 0.672. The number of allylic oxidation sites excluding steroid dienone is 2. The van der Waals surface area contributed by atoms with Crippen molar-refractivity contribution in [2.24, 2.45) is 11.7 Å². The summed E-state index contributed by atoms with van der Waals surface area (Å²) in [7, 11) is 0. The Balaban J connectivity index is 2.74. The Morgan fingerprint density at radius 2 is 2.27 bits per heavy atom. The van der Waals surface area contributed by atoms with Crippen LogP contribution in [0.1, 0.15) is 33.1 Å². The smallest absolute Gasteiger partial charge is 0.0365 e. The molecule has 2 heteroatoms. The summed E-state index contributed by atoms with van der Waals surface area (Å²) in [6, 6.07) is 0. The lowest BCUT2D eigenvalue weighted by atomic mass is 9.85. The van der Waals surface area contributed by atoms with Crippen LogP contribution in [0.3, 0.4) is 0 Å². The molecule has 0 radical (unpaired) electrons. The van der Waals surface area contributed by atoms with Crippen molar-refractivity contribution in [3.8, 4) is 0 Å². The van der Waals surface area contributed by atoms with Gasteiger partial charge in [0, 0.05) is 11.4 Å². The van der Waals surface area contributed by atoms with Gasteiger partial charge in [-0.05, 0) is 37.7 Å². The average molecular weight is 152 g/mol.